The number of carbonyl (C=O) groups is 2. The van der Waals surface area contributed by atoms with Gasteiger partial charge in [0.25, 0.3) is 5.91 Å². The smallest absolute Gasteiger partial charge is 0.290 e. The van der Waals surface area contributed by atoms with Crippen LogP contribution in [0.4, 0.5) is 0 Å². The van der Waals surface area contributed by atoms with Crippen molar-refractivity contribution in [2.24, 2.45) is 0 Å². The van der Waals surface area contributed by atoms with E-state index in [1.807, 2.05) is 84.9 Å². The van der Waals surface area contributed by atoms with Crippen molar-refractivity contribution in [3.63, 3.8) is 0 Å². The van der Waals surface area contributed by atoms with Crippen molar-refractivity contribution in [2.45, 2.75) is 38.8 Å². The summed E-state index contributed by atoms with van der Waals surface area (Å²) in [5.41, 5.74) is 2.55. The Labute approximate surface area is 212 Å². The molecule has 3 aromatic rings. The molecular formula is C31H31NO4. The van der Waals surface area contributed by atoms with Crippen LogP contribution in [0.25, 0.3) is 6.08 Å². The molecule has 4 rings (SSSR count). The monoisotopic (exact) mass is 481 g/mol. The van der Waals surface area contributed by atoms with Gasteiger partial charge in [-0.1, -0.05) is 98.6 Å². The molecule has 1 heterocycles. The van der Waals surface area contributed by atoms with Crippen molar-refractivity contribution in [1.82, 2.24) is 4.90 Å². The Hall–Kier alpha value is -4.12. The number of nitrogens with zero attached hydrogens (tertiary/aromatic N) is 1. The van der Waals surface area contributed by atoms with E-state index in [0.29, 0.717) is 17.9 Å². The van der Waals surface area contributed by atoms with Crippen LogP contribution in [0.2, 0.25) is 0 Å². The Bertz CT molecular complexity index is 1250. The summed E-state index contributed by atoms with van der Waals surface area (Å²) in [4.78, 5) is 28.1. The summed E-state index contributed by atoms with van der Waals surface area (Å²) in [5, 5.41) is 10.9. The van der Waals surface area contributed by atoms with Gasteiger partial charge >= 0.3 is 0 Å². The number of benzene rings is 3. The van der Waals surface area contributed by atoms with E-state index in [-0.39, 0.29) is 12.1 Å². The highest BCUT2D eigenvalue weighted by molar-refractivity contribution is 6.14. The van der Waals surface area contributed by atoms with Gasteiger partial charge in [0, 0.05) is 6.54 Å². The fourth-order valence-electron chi connectivity index (χ4n) is 4.34. The van der Waals surface area contributed by atoms with E-state index < -0.39 is 23.5 Å². The number of hydrogen-bond acceptors (Lipinski definition) is 4. The highest BCUT2D eigenvalue weighted by atomic mass is 16.5. The molecular weight excluding hydrogens is 450 g/mol. The molecule has 5 heteroatoms. The van der Waals surface area contributed by atoms with Gasteiger partial charge in [-0.2, -0.15) is 0 Å². The number of ketones is 1. The molecule has 3 aromatic carbocycles. The number of aliphatic hydroxyl groups is 1. The molecule has 0 saturated heterocycles. The molecule has 0 spiro atoms. The fourth-order valence-corrected chi connectivity index (χ4v) is 4.34. The zero-order chi connectivity index (χ0) is 25.3. The first-order valence-electron chi connectivity index (χ1n) is 12.4. The molecule has 1 unspecified atom stereocenters. The second-order valence-electron chi connectivity index (χ2n) is 8.82. The lowest BCUT2D eigenvalue weighted by Crippen LogP contribution is -2.30. The minimum atomic E-state index is -0.732. The number of carbonyl (C=O) groups excluding carboxylic acids is 2. The van der Waals surface area contributed by atoms with Crippen LogP contribution in [0.5, 0.6) is 5.75 Å². The summed E-state index contributed by atoms with van der Waals surface area (Å²) in [5.74, 6) is -0.796. The summed E-state index contributed by atoms with van der Waals surface area (Å²) < 4.78 is 5.94. The van der Waals surface area contributed by atoms with Gasteiger partial charge in [0.15, 0.2) is 11.5 Å². The first-order chi connectivity index (χ1) is 17.6. The average Bonchev–Trinajstić information content (AvgIpc) is 3.16. The number of rotatable bonds is 11. The molecule has 5 nitrogen and oxygen atoms in total. The Kier molecular flexibility index (Phi) is 8.35. The van der Waals surface area contributed by atoms with Crippen LogP contribution in [-0.4, -0.2) is 28.3 Å². The Morgan fingerprint density at radius 3 is 2.42 bits per heavy atom. The summed E-state index contributed by atoms with van der Waals surface area (Å²) in [6, 6.07) is 25.7. The lowest BCUT2D eigenvalue weighted by atomic mass is 9.95. The Morgan fingerprint density at radius 2 is 1.69 bits per heavy atom. The second-order valence-corrected chi connectivity index (χ2v) is 8.82. The number of aliphatic hydroxyl groups excluding tert-OH is 1. The van der Waals surface area contributed by atoms with Crippen LogP contribution in [0.15, 0.2) is 102 Å². The first kappa shape index (κ1) is 25.0. The molecule has 1 aliphatic heterocycles. The Balaban J connectivity index is 1.67. The van der Waals surface area contributed by atoms with Crippen molar-refractivity contribution in [3.05, 3.63) is 119 Å². The molecule has 0 fully saturated rings. The second kappa shape index (κ2) is 12.0. The lowest BCUT2D eigenvalue weighted by Gasteiger charge is -2.27. The molecule has 1 N–H and O–H groups in total. The minimum Gasteiger partial charge on any atom is -0.503 e. The molecule has 0 bridgehead atoms. The van der Waals surface area contributed by atoms with E-state index in [2.05, 4.69) is 6.92 Å². The largest absolute Gasteiger partial charge is 0.503 e. The molecule has 0 aromatic heterocycles. The lowest BCUT2D eigenvalue weighted by molar-refractivity contribution is -0.130. The van der Waals surface area contributed by atoms with Gasteiger partial charge in [-0.25, -0.2) is 0 Å². The SMILES string of the molecule is CCCCCOc1cccc(C2C(C(=O)C=Cc3ccccc3)=C(O)C(=O)N2Cc2ccccc2)c1. The van der Waals surface area contributed by atoms with Crippen molar-refractivity contribution in [1.29, 1.82) is 0 Å². The van der Waals surface area contributed by atoms with Gasteiger partial charge in [-0.15, -0.1) is 0 Å². The van der Waals surface area contributed by atoms with Crippen LogP contribution in [0.1, 0.15) is 48.9 Å². The average molecular weight is 482 g/mol. The number of unbranched alkanes of at least 4 members (excludes halogenated alkanes) is 2. The van der Waals surface area contributed by atoms with Gasteiger partial charge in [-0.3, -0.25) is 9.59 Å². The standard InChI is InChI=1S/C31H31NO4/c1-2-3-10-20-36-26-17-11-16-25(21-26)29-28(27(33)19-18-23-12-6-4-7-13-23)30(34)31(35)32(29)22-24-14-8-5-9-15-24/h4-9,11-19,21,29,34H,2-3,10,20,22H2,1H3. The number of ether oxygens (including phenoxy) is 1. The maximum Gasteiger partial charge on any atom is 0.290 e. The topological polar surface area (TPSA) is 66.8 Å². The molecule has 0 radical (unpaired) electrons. The number of amides is 1. The minimum absolute atomic E-state index is 0.0752. The maximum absolute atomic E-state index is 13.4. The van der Waals surface area contributed by atoms with E-state index >= 15 is 0 Å². The molecule has 36 heavy (non-hydrogen) atoms. The number of hydrogen-bond donors (Lipinski definition) is 1. The van der Waals surface area contributed by atoms with Crippen molar-refractivity contribution in [2.75, 3.05) is 6.61 Å². The van der Waals surface area contributed by atoms with E-state index in [1.54, 1.807) is 11.0 Å². The summed E-state index contributed by atoms with van der Waals surface area (Å²) in [6.07, 6.45) is 6.26. The quantitative estimate of drug-likeness (QED) is 0.253. The normalized spacial score (nSPS) is 15.6. The fraction of sp³-hybridized carbons (Fsp3) is 0.226. The maximum atomic E-state index is 13.4. The predicted octanol–water partition coefficient (Wildman–Crippen LogP) is 6.43. The highest BCUT2D eigenvalue weighted by Crippen LogP contribution is 2.40. The number of allylic oxidation sites excluding steroid dienone is 1. The highest BCUT2D eigenvalue weighted by Gasteiger charge is 2.43. The zero-order valence-corrected chi connectivity index (χ0v) is 20.5. The molecule has 1 amide bonds. The summed E-state index contributed by atoms with van der Waals surface area (Å²) in [6.45, 7) is 3.00. The van der Waals surface area contributed by atoms with Crippen LogP contribution in [0, 0.1) is 0 Å². The van der Waals surface area contributed by atoms with Crippen molar-refractivity contribution >= 4 is 17.8 Å². The predicted molar refractivity (Wildman–Crippen MR) is 141 cm³/mol. The third-order valence-electron chi connectivity index (χ3n) is 6.18. The van der Waals surface area contributed by atoms with Crippen molar-refractivity contribution < 1.29 is 19.4 Å². The van der Waals surface area contributed by atoms with Gasteiger partial charge < -0.3 is 14.7 Å². The van der Waals surface area contributed by atoms with Crippen LogP contribution in [-0.2, 0) is 16.1 Å². The molecule has 1 atom stereocenters. The molecule has 0 saturated carbocycles. The summed E-state index contributed by atoms with van der Waals surface area (Å²) in [7, 11) is 0. The first-order valence-corrected chi connectivity index (χ1v) is 12.4. The van der Waals surface area contributed by atoms with E-state index in [1.165, 1.54) is 6.08 Å². The third-order valence-corrected chi connectivity index (χ3v) is 6.18. The van der Waals surface area contributed by atoms with E-state index in [0.717, 1.165) is 30.4 Å². The van der Waals surface area contributed by atoms with Crippen LogP contribution in [0.3, 0.4) is 0 Å². The van der Waals surface area contributed by atoms with E-state index in [9.17, 15) is 14.7 Å². The molecule has 184 valence electrons. The molecule has 0 aliphatic carbocycles. The van der Waals surface area contributed by atoms with Crippen molar-refractivity contribution in [3.8, 4) is 5.75 Å². The zero-order valence-electron chi connectivity index (χ0n) is 20.5. The summed E-state index contributed by atoms with van der Waals surface area (Å²) >= 11 is 0. The van der Waals surface area contributed by atoms with Gasteiger partial charge in [0.05, 0.1) is 18.2 Å². The van der Waals surface area contributed by atoms with Gasteiger partial charge in [0.2, 0.25) is 0 Å². The third kappa shape index (κ3) is 5.92. The van der Waals surface area contributed by atoms with Crippen LogP contribution >= 0.6 is 0 Å². The van der Waals surface area contributed by atoms with Gasteiger partial charge in [0.1, 0.15) is 5.75 Å². The van der Waals surface area contributed by atoms with Gasteiger partial charge in [-0.05, 0) is 41.3 Å². The van der Waals surface area contributed by atoms with Crippen LogP contribution < -0.4 is 4.74 Å². The molecule has 1 aliphatic rings. The van der Waals surface area contributed by atoms with E-state index in [4.69, 9.17) is 4.74 Å². The Morgan fingerprint density at radius 1 is 0.972 bits per heavy atom.